The van der Waals surface area contributed by atoms with E-state index < -0.39 is 23.6 Å². The number of hydrogen-bond donors (Lipinski definition) is 2. The topological polar surface area (TPSA) is 46.2 Å². The smallest absolute Gasteiger partial charge is 0.396 e. The summed E-state index contributed by atoms with van der Waals surface area (Å²) in [5.41, 5.74) is 4.34. The Balaban J connectivity index is 0.00000256. The van der Waals surface area contributed by atoms with Gasteiger partial charge in [-0.1, -0.05) is 6.07 Å². The highest BCUT2D eigenvalue weighted by Crippen LogP contribution is 2.33. The minimum atomic E-state index is -4.74. The van der Waals surface area contributed by atoms with Crippen LogP contribution in [0.2, 0.25) is 0 Å². The third-order valence-corrected chi connectivity index (χ3v) is 2.16. The van der Waals surface area contributed by atoms with Gasteiger partial charge in [0, 0.05) is 12.6 Å². The number of benzene rings is 1. The first-order valence-corrected chi connectivity index (χ1v) is 4.59. The van der Waals surface area contributed by atoms with E-state index in [9.17, 15) is 17.6 Å². The third-order valence-electron chi connectivity index (χ3n) is 2.16. The molecule has 1 aromatic rings. The highest BCUT2D eigenvalue weighted by molar-refractivity contribution is 5.85. The van der Waals surface area contributed by atoms with E-state index in [2.05, 4.69) is 0 Å². The summed E-state index contributed by atoms with van der Waals surface area (Å²) in [5.74, 6) is -1.33. The second-order valence-electron chi connectivity index (χ2n) is 3.36. The molecule has 0 saturated carbocycles. The Hall–Kier alpha value is -0.850. The third kappa shape index (κ3) is 4.14. The molecule has 0 aliphatic carbocycles. The van der Waals surface area contributed by atoms with Crippen molar-refractivity contribution in [1.82, 2.24) is 0 Å². The van der Waals surface area contributed by atoms with E-state index in [0.717, 1.165) is 6.07 Å². The molecule has 98 valence electrons. The van der Waals surface area contributed by atoms with Gasteiger partial charge < -0.3 is 10.8 Å². The van der Waals surface area contributed by atoms with E-state index >= 15 is 0 Å². The van der Waals surface area contributed by atoms with E-state index in [0.29, 0.717) is 6.07 Å². The number of aliphatic hydroxyl groups is 1. The van der Waals surface area contributed by atoms with Gasteiger partial charge in [0.25, 0.3) is 0 Å². The molecule has 17 heavy (non-hydrogen) atoms. The summed E-state index contributed by atoms with van der Waals surface area (Å²) in [5, 5.41) is 8.61. The molecule has 0 fully saturated rings. The van der Waals surface area contributed by atoms with Crippen LogP contribution in [-0.4, -0.2) is 11.7 Å². The molecule has 0 aliphatic heterocycles. The van der Waals surface area contributed by atoms with Gasteiger partial charge in [0.1, 0.15) is 5.82 Å². The van der Waals surface area contributed by atoms with Gasteiger partial charge in [0.15, 0.2) is 0 Å². The van der Waals surface area contributed by atoms with Gasteiger partial charge >= 0.3 is 6.18 Å². The average Bonchev–Trinajstić information content (AvgIpc) is 2.16. The molecule has 1 atom stereocenters. The Kier molecular flexibility index (Phi) is 5.87. The Morgan fingerprint density at radius 1 is 1.29 bits per heavy atom. The lowest BCUT2D eigenvalue weighted by molar-refractivity contribution is -0.140. The summed E-state index contributed by atoms with van der Waals surface area (Å²) in [4.78, 5) is 0. The van der Waals surface area contributed by atoms with Gasteiger partial charge in [-0.2, -0.15) is 13.2 Å². The maximum Gasteiger partial charge on any atom is 0.419 e. The summed E-state index contributed by atoms with van der Waals surface area (Å²) in [6.07, 6.45) is -4.61. The number of halogens is 5. The largest absolute Gasteiger partial charge is 0.419 e. The van der Waals surface area contributed by atoms with Crippen molar-refractivity contribution >= 4 is 12.4 Å². The van der Waals surface area contributed by atoms with Crippen LogP contribution in [0.1, 0.15) is 23.6 Å². The molecular formula is C10H12ClF4NO. The maximum absolute atomic E-state index is 12.9. The molecule has 7 heteroatoms. The Morgan fingerprint density at radius 2 is 1.88 bits per heavy atom. The normalized spacial score (nSPS) is 13.1. The first kappa shape index (κ1) is 16.1. The van der Waals surface area contributed by atoms with Crippen LogP contribution in [0, 0.1) is 5.82 Å². The first-order chi connectivity index (χ1) is 7.36. The number of hydrogen-bond acceptors (Lipinski definition) is 2. The lowest BCUT2D eigenvalue weighted by Crippen LogP contribution is -2.15. The number of alkyl halides is 3. The quantitative estimate of drug-likeness (QED) is 0.832. The van der Waals surface area contributed by atoms with E-state index in [1.807, 2.05) is 0 Å². The second-order valence-corrected chi connectivity index (χ2v) is 3.36. The Labute approximate surface area is 102 Å². The van der Waals surface area contributed by atoms with Gasteiger partial charge in [-0.15, -0.1) is 12.4 Å². The molecule has 0 radical (unpaired) electrons. The molecule has 0 aromatic heterocycles. The molecule has 0 aliphatic rings. The summed E-state index contributed by atoms with van der Waals surface area (Å²) >= 11 is 0. The van der Waals surface area contributed by atoms with Crippen LogP contribution < -0.4 is 5.73 Å². The fraction of sp³-hybridized carbons (Fsp3) is 0.400. The van der Waals surface area contributed by atoms with Crippen molar-refractivity contribution in [2.45, 2.75) is 18.6 Å². The first-order valence-electron chi connectivity index (χ1n) is 4.59. The molecule has 1 rings (SSSR count). The molecule has 0 heterocycles. The van der Waals surface area contributed by atoms with Crippen molar-refractivity contribution in [3.8, 4) is 0 Å². The monoisotopic (exact) mass is 273 g/mol. The summed E-state index contributed by atoms with van der Waals surface area (Å²) < 4.78 is 49.9. The molecule has 0 saturated heterocycles. The second kappa shape index (κ2) is 6.18. The molecule has 0 unspecified atom stereocenters. The zero-order valence-electron chi connectivity index (χ0n) is 8.67. The molecule has 1 aromatic carbocycles. The minimum Gasteiger partial charge on any atom is -0.396 e. The molecule has 0 amide bonds. The van der Waals surface area contributed by atoms with E-state index in [1.165, 1.54) is 6.07 Å². The molecule has 0 bridgehead atoms. The van der Waals surface area contributed by atoms with Gasteiger partial charge in [-0.3, -0.25) is 0 Å². The summed E-state index contributed by atoms with van der Waals surface area (Å²) in [6, 6.07) is 1.86. The van der Waals surface area contributed by atoms with Gasteiger partial charge in [0.05, 0.1) is 5.56 Å². The molecule has 2 nitrogen and oxygen atoms in total. The van der Waals surface area contributed by atoms with Crippen molar-refractivity contribution in [2.24, 2.45) is 5.73 Å². The van der Waals surface area contributed by atoms with Gasteiger partial charge in [0.2, 0.25) is 0 Å². The fourth-order valence-electron chi connectivity index (χ4n) is 1.30. The highest BCUT2D eigenvalue weighted by Gasteiger charge is 2.34. The summed E-state index contributed by atoms with van der Waals surface area (Å²) in [7, 11) is 0. The molecule has 0 spiro atoms. The predicted molar refractivity (Wildman–Crippen MR) is 57.3 cm³/mol. The van der Waals surface area contributed by atoms with Crippen LogP contribution in [0.3, 0.4) is 0 Å². The lowest BCUT2D eigenvalue weighted by atomic mass is 10.0. The minimum absolute atomic E-state index is 0. The van der Waals surface area contributed by atoms with Crippen LogP contribution in [0.15, 0.2) is 18.2 Å². The number of aliphatic hydroxyl groups excluding tert-OH is 1. The van der Waals surface area contributed by atoms with Crippen LogP contribution in [0.5, 0.6) is 0 Å². The van der Waals surface area contributed by atoms with Crippen molar-refractivity contribution in [3.63, 3.8) is 0 Å². The zero-order valence-corrected chi connectivity index (χ0v) is 9.48. The summed E-state index contributed by atoms with van der Waals surface area (Å²) in [6.45, 7) is -0.236. The van der Waals surface area contributed by atoms with Crippen LogP contribution in [0.4, 0.5) is 17.6 Å². The zero-order chi connectivity index (χ0) is 12.3. The van der Waals surface area contributed by atoms with Crippen LogP contribution >= 0.6 is 12.4 Å². The number of nitrogens with two attached hydrogens (primary N) is 1. The molecular weight excluding hydrogens is 262 g/mol. The van der Waals surface area contributed by atoms with Crippen molar-refractivity contribution in [2.75, 3.05) is 6.61 Å². The Morgan fingerprint density at radius 3 is 2.35 bits per heavy atom. The van der Waals surface area contributed by atoms with Gasteiger partial charge in [-0.25, -0.2) is 4.39 Å². The highest BCUT2D eigenvalue weighted by atomic mass is 35.5. The van der Waals surface area contributed by atoms with E-state index in [1.54, 1.807) is 0 Å². The SMILES string of the molecule is Cl.N[C@H](CCO)c1ccc(F)c(C(F)(F)F)c1. The van der Waals surface area contributed by atoms with Crippen LogP contribution in [-0.2, 0) is 6.18 Å². The van der Waals surface area contributed by atoms with Crippen molar-refractivity contribution < 1.29 is 22.7 Å². The van der Waals surface area contributed by atoms with Gasteiger partial charge in [-0.05, 0) is 24.1 Å². The van der Waals surface area contributed by atoms with Crippen molar-refractivity contribution in [3.05, 3.63) is 35.1 Å². The fourth-order valence-corrected chi connectivity index (χ4v) is 1.30. The van der Waals surface area contributed by atoms with E-state index in [4.69, 9.17) is 10.8 Å². The maximum atomic E-state index is 12.9. The van der Waals surface area contributed by atoms with Crippen LogP contribution in [0.25, 0.3) is 0 Å². The lowest BCUT2D eigenvalue weighted by Gasteiger charge is -2.14. The Bertz CT molecular complexity index is 370. The number of rotatable bonds is 3. The standard InChI is InChI=1S/C10H11F4NO.ClH/c11-8-2-1-6(9(15)3-4-16)5-7(8)10(12,13)14;/h1-2,5,9,16H,3-4,15H2;1H/t9-;/m1./s1. The van der Waals surface area contributed by atoms with Crippen molar-refractivity contribution in [1.29, 1.82) is 0 Å². The van der Waals surface area contributed by atoms with E-state index in [-0.39, 0.29) is 31.0 Å². The average molecular weight is 274 g/mol. The molecule has 3 N–H and O–H groups in total. The predicted octanol–water partition coefficient (Wildman–Crippen LogP) is 2.65.